The zero-order valence-electron chi connectivity index (χ0n) is 11.7. The number of ether oxygens (including phenoxy) is 1. The molecule has 1 aromatic carbocycles. The van der Waals surface area contributed by atoms with Crippen LogP contribution in [0.25, 0.3) is 10.9 Å². The third kappa shape index (κ3) is 2.88. The van der Waals surface area contributed by atoms with Crippen LogP contribution in [0.1, 0.15) is 36.1 Å². The second kappa shape index (κ2) is 5.09. The number of carbonyl (C=O) groups excluding carboxylic acids is 1. The zero-order chi connectivity index (χ0) is 14.9. The Morgan fingerprint density at radius 1 is 1.25 bits per heavy atom. The normalized spacial score (nSPS) is 11.8. The number of carboxylic acids is 1. The molecule has 106 valence electrons. The number of hydrogen-bond acceptors (Lipinski definition) is 3. The topological polar surface area (TPSA) is 68.5 Å². The summed E-state index contributed by atoms with van der Waals surface area (Å²) >= 11 is 0. The van der Waals surface area contributed by atoms with E-state index >= 15 is 0 Å². The Morgan fingerprint density at radius 2 is 1.90 bits per heavy atom. The molecule has 0 aliphatic heterocycles. The van der Waals surface area contributed by atoms with Gasteiger partial charge in [-0.3, -0.25) is 9.36 Å². The van der Waals surface area contributed by atoms with Gasteiger partial charge in [0.25, 0.3) is 5.91 Å². The van der Waals surface area contributed by atoms with Gasteiger partial charge in [0.05, 0.1) is 11.1 Å². The van der Waals surface area contributed by atoms with Gasteiger partial charge in [-0.25, -0.2) is 4.79 Å². The number of para-hydroxylation sites is 1. The Morgan fingerprint density at radius 3 is 2.50 bits per heavy atom. The predicted octanol–water partition coefficient (Wildman–Crippen LogP) is 2.79. The lowest BCUT2D eigenvalue weighted by atomic mass is 10.2. The summed E-state index contributed by atoms with van der Waals surface area (Å²) in [4.78, 5) is 23.5. The van der Waals surface area contributed by atoms with E-state index in [-0.39, 0.29) is 12.3 Å². The molecule has 1 aromatic heterocycles. The SMILES string of the molecule is CC(C)(C)OCC(=O)n1c(C(=O)O)cc2ccccc21. The van der Waals surface area contributed by atoms with Crippen molar-refractivity contribution in [2.45, 2.75) is 26.4 Å². The molecular weight excluding hydrogens is 258 g/mol. The van der Waals surface area contributed by atoms with Crippen LogP contribution in [0, 0.1) is 0 Å². The quantitative estimate of drug-likeness (QED) is 0.935. The van der Waals surface area contributed by atoms with Gasteiger partial charge < -0.3 is 9.84 Å². The molecule has 2 aromatic rings. The zero-order valence-corrected chi connectivity index (χ0v) is 11.7. The number of benzene rings is 1. The number of aromatic nitrogens is 1. The summed E-state index contributed by atoms with van der Waals surface area (Å²) in [6.45, 7) is 5.35. The lowest BCUT2D eigenvalue weighted by Gasteiger charge is -2.19. The maximum absolute atomic E-state index is 12.3. The monoisotopic (exact) mass is 275 g/mol. The van der Waals surface area contributed by atoms with Gasteiger partial charge in [0.15, 0.2) is 0 Å². The van der Waals surface area contributed by atoms with E-state index in [1.807, 2.05) is 20.8 Å². The first-order valence-electron chi connectivity index (χ1n) is 6.30. The van der Waals surface area contributed by atoms with Crippen molar-refractivity contribution < 1.29 is 19.4 Å². The number of fused-ring (bicyclic) bond motifs is 1. The van der Waals surface area contributed by atoms with Gasteiger partial charge in [-0.15, -0.1) is 0 Å². The van der Waals surface area contributed by atoms with Crippen LogP contribution in [0.5, 0.6) is 0 Å². The van der Waals surface area contributed by atoms with Crippen LogP contribution in [-0.4, -0.2) is 33.8 Å². The Hall–Kier alpha value is -2.14. The molecule has 0 spiro atoms. The summed E-state index contributed by atoms with van der Waals surface area (Å²) in [6.07, 6.45) is 0. The van der Waals surface area contributed by atoms with E-state index in [0.717, 1.165) is 0 Å². The number of hydrogen-bond donors (Lipinski definition) is 1. The van der Waals surface area contributed by atoms with Gasteiger partial charge in [0.1, 0.15) is 12.3 Å². The molecule has 2 rings (SSSR count). The van der Waals surface area contributed by atoms with E-state index in [9.17, 15) is 14.7 Å². The molecular formula is C15H17NO4. The van der Waals surface area contributed by atoms with Crippen LogP contribution < -0.4 is 0 Å². The number of nitrogens with zero attached hydrogens (tertiary/aromatic N) is 1. The third-order valence-corrected chi connectivity index (χ3v) is 2.81. The van der Waals surface area contributed by atoms with Crippen molar-refractivity contribution in [1.29, 1.82) is 0 Å². The van der Waals surface area contributed by atoms with Crippen LogP contribution in [0.3, 0.4) is 0 Å². The van der Waals surface area contributed by atoms with E-state index in [2.05, 4.69) is 0 Å². The Balaban J connectivity index is 2.43. The van der Waals surface area contributed by atoms with Crippen molar-refractivity contribution in [2.75, 3.05) is 6.61 Å². The molecule has 0 unspecified atom stereocenters. The van der Waals surface area contributed by atoms with Gasteiger partial charge >= 0.3 is 5.97 Å². The highest BCUT2D eigenvalue weighted by molar-refractivity contribution is 6.02. The number of carbonyl (C=O) groups is 2. The highest BCUT2D eigenvalue weighted by atomic mass is 16.5. The van der Waals surface area contributed by atoms with Crippen LogP contribution in [0.2, 0.25) is 0 Å². The highest BCUT2D eigenvalue weighted by Crippen LogP contribution is 2.20. The maximum atomic E-state index is 12.3. The summed E-state index contributed by atoms with van der Waals surface area (Å²) in [7, 11) is 0. The minimum atomic E-state index is -1.13. The second-order valence-corrected chi connectivity index (χ2v) is 5.52. The van der Waals surface area contributed by atoms with E-state index in [1.165, 1.54) is 10.6 Å². The minimum absolute atomic E-state index is 0.0475. The summed E-state index contributed by atoms with van der Waals surface area (Å²) in [5.41, 5.74) is 0.0725. The summed E-state index contributed by atoms with van der Waals surface area (Å²) in [5, 5.41) is 9.95. The fourth-order valence-electron chi connectivity index (χ4n) is 1.92. The van der Waals surface area contributed by atoms with Crippen molar-refractivity contribution in [3.63, 3.8) is 0 Å². The van der Waals surface area contributed by atoms with Crippen molar-refractivity contribution in [3.05, 3.63) is 36.0 Å². The molecule has 0 fully saturated rings. The molecule has 0 aliphatic carbocycles. The van der Waals surface area contributed by atoms with Gasteiger partial charge in [-0.1, -0.05) is 18.2 Å². The average molecular weight is 275 g/mol. The molecule has 1 N–H and O–H groups in total. The van der Waals surface area contributed by atoms with E-state index in [1.54, 1.807) is 24.3 Å². The second-order valence-electron chi connectivity index (χ2n) is 5.52. The third-order valence-electron chi connectivity index (χ3n) is 2.81. The molecule has 1 heterocycles. The van der Waals surface area contributed by atoms with Crippen molar-refractivity contribution in [1.82, 2.24) is 4.57 Å². The van der Waals surface area contributed by atoms with Crippen LogP contribution in [-0.2, 0) is 4.74 Å². The Kier molecular flexibility index (Phi) is 3.63. The molecule has 5 heteroatoms. The van der Waals surface area contributed by atoms with Crippen molar-refractivity contribution in [3.8, 4) is 0 Å². The Bertz CT molecular complexity index is 664. The molecule has 0 saturated carbocycles. The van der Waals surface area contributed by atoms with Crippen molar-refractivity contribution in [2.24, 2.45) is 0 Å². The molecule has 0 bridgehead atoms. The molecule has 0 aliphatic rings. The van der Waals surface area contributed by atoms with Crippen LogP contribution in [0.15, 0.2) is 30.3 Å². The first-order chi connectivity index (χ1) is 9.29. The predicted molar refractivity (Wildman–Crippen MR) is 75.2 cm³/mol. The molecule has 20 heavy (non-hydrogen) atoms. The molecule has 0 saturated heterocycles. The molecule has 0 amide bonds. The Labute approximate surface area is 116 Å². The maximum Gasteiger partial charge on any atom is 0.352 e. The van der Waals surface area contributed by atoms with E-state index in [4.69, 9.17) is 4.74 Å². The van der Waals surface area contributed by atoms with E-state index in [0.29, 0.717) is 10.9 Å². The van der Waals surface area contributed by atoms with Crippen LogP contribution >= 0.6 is 0 Å². The fraction of sp³-hybridized carbons (Fsp3) is 0.333. The molecule has 0 radical (unpaired) electrons. The standard InChI is InChI=1S/C15H17NO4/c1-15(2,3)20-9-13(17)16-11-7-5-4-6-10(11)8-12(16)14(18)19/h4-8H,9H2,1-3H3,(H,18,19). The number of rotatable bonds is 3. The van der Waals surface area contributed by atoms with Gasteiger partial charge in [0, 0.05) is 5.39 Å². The lowest BCUT2D eigenvalue weighted by molar-refractivity contribution is -0.000679. The van der Waals surface area contributed by atoms with Gasteiger partial charge in [-0.05, 0) is 32.9 Å². The van der Waals surface area contributed by atoms with Crippen molar-refractivity contribution >= 4 is 22.8 Å². The van der Waals surface area contributed by atoms with Crippen LogP contribution in [0.4, 0.5) is 0 Å². The minimum Gasteiger partial charge on any atom is -0.477 e. The number of aromatic carboxylic acids is 1. The largest absolute Gasteiger partial charge is 0.477 e. The summed E-state index contributed by atoms with van der Waals surface area (Å²) in [6, 6.07) is 8.55. The number of carboxylic acid groups (broad SMARTS) is 1. The smallest absolute Gasteiger partial charge is 0.352 e. The van der Waals surface area contributed by atoms with Gasteiger partial charge in [-0.2, -0.15) is 0 Å². The lowest BCUT2D eigenvalue weighted by Crippen LogP contribution is -2.28. The summed E-state index contributed by atoms with van der Waals surface area (Å²) < 4.78 is 6.63. The summed E-state index contributed by atoms with van der Waals surface area (Å²) in [5.74, 6) is -1.52. The van der Waals surface area contributed by atoms with E-state index < -0.39 is 17.5 Å². The molecule has 0 atom stereocenters. The average Bonchev–Trinajstić information content (AvgIpc) is 2.74. The first kappa shape index (κ1) is 14.3. The highest BCUT2D eigenvalue weighted by Gasteiger charge is 2.21. The first-order valence-corrected chi connectivity index (χ1v) is 6.30. The van der Waals surface area contributed by atoms with Gasteiger partial charge in [0.2, 0.25) is 0 Å². The molecule has 5 nitrogen and oxygen atoms in total. The fourth-order valence-corrected chi connectivity index (χ4v) is 1.92.